The zero-order valence-corrected chi connectivity index (χ0v) is 10.5. The number of carbonyl (C=O) groups is 1. The number of benzene rings is 1. The van der Waals surface area contributed by atoms with Gasteiger partial charge < -0.3 is 10.6 Å². The molecule has 6 heteroatoms. The van der Waals surface area contributed by atoms with Crippen molar-refractivity contribution in [3.8, 4) is 0 Å². The largest absolute Gasteiger partial charge is 0.349 e. The Bertz CT molecular complexity index is 470. The molecule has 0 bridgehead atoms. The van der Waals surface area contributed by atoms with Gasteiger partial charge in [-0.05, 0) is 25.4 Å². The first-order valence-electron chi connectivity index (χ1n) is 6.15. The van der Waals surface area contributed by atoms with E-state index in [0.717, 1.165) is 13.1 Å². The monoisotopic (exact) mass is 272 g/mol. The standard InChI is InChI=1S/C13H15F3N2O/c1-7-6-17-3-2-11(7)18-13(19)12-9(15)4-8(14)5-10(12)16/h4-5,7,11,17H,2-3,6H2,1H3,(H,18,19). The fraction of sp³-hybridized carbons (Fsp3) is 0.462. The first-order valence-corrected chi connectivity index (χ1v) is 6.15. The van der Waals surface area contributed by atoms with E-state index in [1.54, 1.807) is 0 Å². The van der Waals surface area contributed by atoms with Gasteiger partial charge in [0.2, 0.25) is 0 Å². The van der Waals surface area contributed by atoms with Gasteiger partial charge in [-0.25, -0.2) is 13.2 Å². The van der Waals surface area contributed by atoms with Crippen molar-refractivity contribution in [3.63, 3.8) is 0 Å². The third-order valence-corrected chi connectivity index (χ3v) is 3.34. The van der Waals surface area contributed by atoms with Crippen LogP contribution < -0.4 is 10.6 Å². The molecular formula is C13H15F3N2O. The lowest BCUT2D eigenvalue weighted by atomic mass is 9.95. The molecule has 1 saturated heterocycles. The smallest absolute Gasteiger partial charge is 0.257 e. The van der Waals surface area contributed by atoms with Gasteiger partial charge in [0.05, 0.1) is 0 Å². The minimum absolute atomic E-state index is 0.141. The molecule has 104 valence electrons. The van der Waals surface area contributed by atoms with E-state index in [-0.39, 0.29) is 12.0 Å². The molecule has 1 aromatic rings. The van der Waals surface area contributed by atoms with E-state index < -0.39 is 28.9 Å². The zero-order valence-electron chi connectivity index (χ0n) is 10.5. The molecule has 0 saturated carbocycles. The first-order chi connectivity index (χ1) is 8.99. The zero-order chi connectivity index (χ0) is 14.0. The molecule has 0 aliphatic carbocycles. The van der Waals surface area contributed by atoms with Gasteiger partial charge in [0.25, 0.3) is 5.91 Å². The fourth-order valence-electron chi connectivity index (χ4n) is 2.23. The Morgan fingerprint density at radius 3 is 2.53 bits per heavy atom. The summed E-state index contributed by atoms with van der Waals surface area (Å²) in [4.78, 5) is 11.9. The Labute approximate surface area is 109 Å². The lowest BCUT2D eigenvalue weighted by Crippen LogP contribution is -2.48. The van der Waals surface area contributed by atoms with Crippen LogP contribution in [0.15, 0.2) is 12.1 Å². The van der Waals surface area contributed by atoms with Crippen molar-refractivity contribution >= 4 is 5.91 Å². The predicted octanol–water partition coefficient (Wildman–Crippen LogP) is 1.83. The second-order valence-electron chi connectivity index (χ2n) is 4.79. The van der Waals surface area contributed by atoms with Gasteiger partial charge in [-0.1, -0.05) is 6.92 Å². The minimum atomic E-state index is -1.18. The maximum absolute atomic E-state index is 13.5. The summed E-state index contributed by atoms with van der Waals surface area (Å²) in [5.74, 6) is -4.08. The van der Waals surface area contributed by atoms with E-state index in [1.165, 1.54) is 0 Å². The van der Waals surface area contributed by atoms with Crippen LogP contribution in [-0.4, -0.2) is 25.0 Å². The summed E-state index contributed by atoms with van der Waals surface area (Å²) in [7, 11) is 0. The maximum Gasteiger partial charge on any atom is 0.257 e. The highest BCUT2D eigenvalue weighted by Gasteiger charge is 2.26. The molecule has 2 rings (SSSR count). The van der Waals surface area contributed by atoms with E-state index in [9.17, 15) is 18.0 Å². The number of hydrogen-bond acceptors (Lipinski definition) is 2. The van der Waals surface area contributed by atoms with E-state index in [0.29, 0.717) is 18.6 Å². The molecule has 2 unspecified atom stereocenters. The Morgan fingerprint density at radius 2 is 1.95 bits per heavy atom. The van der Waals surface area contributed by atoms with E-state index in [1.807, 2.05) is 6.92 Å². The Hall–Kier alpha value is -1.56. The normalized spacial score (nSPS) is 23.2. The van der Waals surface area contributed by atoms with Crippen LogP contribution in [0.3, 0.4) is 0 Å². The summed E-state index contributed by atoms with van der Waals surface area (Å²) in [5.41, 5.74) is -0.730. The number of amides is 1. The molecule has 0 aromatic heterocycles. The number of halogens is 3. The van der Waals surface area contributed by atoms with E-state index in [2.05, 4.69) is 10.6 Å². The van der Waals surface area contributed by atoms with Gasteiger partial charge in [0.1, 0.15) is 23.0 Å². The molecule has 1 fully saturated rings. The van der Waals surface area contributed by atoms with Gasteiger partial charge in [-0.15, -0.1) is 0 Å². The van der Waals surface area contributed by atoms with Crippen LogP contribution in [0.1, 0.15) is 23.7 Å². The van der Waals surface area contributed by atoms with E-state index >= 15 is 0 Å². The molecule has 2 N–H and O–H groups in total. The molecule has 3 nitrogen and oxygen atoms in total. The molecule has 0 radical (unpaired) electrons. The van der Waals surface area contributed by atoms with E-state index in [4.69, 9.17) is 0 Å². The molecule has 1 heterocycles. The Morgan fingerprint density at radius 1 is 1.32 bits per heavy atom. The van der Waals surface area contributed by atoms with Gasteiger partial charge in [0, 0.05) is 18.2 Å². The van der Waals surface area contributed by atoms with Crippen molar-refractivity contribution in [2.45, 2.75) is 19.4 Å². The second-order valence-corrected chi connectivity index (χ2v) is 4.79. The molecule has 0 spiro atoms. The van der Waals surface area contributed by atoms with Crippen molar-refractivity contribution in [1.82, 2.24) is 10.6 Å². The lowest BCUT2D eigenvalue weighted by molar-refractivity contribution is 0.0905. The summed E-state index contributed by atoms with van der Waals surface area (Å²) in [6.45, 7) is 3.41. The average Bonchev–Trinajstić information content (AvgIpc) is 2.30. The molecule has 2 atom stereocenters. The van der Waals surface area contributed by atoms with Crippen LogP contribution in [0.4, 0.5) is 13.2 Å². The molecule has 1 aliphatic heterocycles. The average molecular weight is 272 g/mol. The number of rotatable bonds is 2. The van der Waals surface area contributed by atoms with Gasteiger partial charge in [0.15, 0.2) is 0 Å². The Kier molecular flexibility index (Phi) is 4.09. The summed E-state index contributed by atoms with van der Waals surface area (Å²) < 4.78 is 39.7. The van der Waals surface area contributed by atoms with Crippen molar-refractivity contribution in [2.24, 2.45) is 5.92 Å². The predicted molar refractivity (Wildman–Crippen MR) is 64.2 cm³/mol. The number of carbonyl (C=O) groups excluding carboxylic acids is 1. The minimum Gasteiger partial charge on any atom is -0.349 e. The highest BCUT2D eigenvalue weighted by molar-refractivity contribution is 5.95. The van der Waals surface area contributed by atoms with Crippen LogP contribution in [0.5, 0.6) is 0 Å². The van der Waals surface area contributed by atoms with Crippen LogP contribution in [0, 0.1) is 23.4 Å². The van der Waals surface area contributed by atoms with Gasteiger partial charge in [-0.3, -0.25) is 4.79 Å². The fourth-order valence-corrected chi connectivity index (χ4v) is 2.23. The first kappa shape index (κ1) is 13.9. The van der Waals surface area contributed by atoms with Crippen molar-refractivity contribution in [2.75, 3.05) is 13.1 Å². The highest BCUT2D eigenvalue weighted by Crippen LogP contribution is 2.17. The summed E-state index contributed by atoms with van der Waals surface area (Å²) in [6, 6.07) is 0.867. The molecule has 19 heavy (non-hydrogen) atoms. The third kappa shape index (κ3) is 3.07. The van der Waals surface area contributed by atoms with Gasteiger partial charge in [-0.2, -0.15) is 0 Å². The van der Waals surface area contributed by atoms with Crippen LogP contribution in [0.25, 0.3) is 0 Å². The summed E-state index contributed by atoms with van der Waals surface area (Å²) in [6.07, 6.45) is 0.692. The van der Waals surface area contributed by atoms with Crippen molar-refractivity contribution < 1.29 is 18.0 Å². The van der Waals surface area contributed by atoms with Crippen LogP contribution in [-0.2, 0) is 0 Å². The maximum atomic E-state index is 13.5. The SMILES string of the molecule is CC1CNCCC1NC(=O)c1c(F)cc(F)cc1F. The number of hydrogen-bond donors (Lipinski definition) is 2. The third-order valence-electron chi connectivity index (χ3n) is 3.34. The quantitative estimate of drug-likeness (QED) is 0.862. The summed E-state index contributed by atoms with van der Waals surface area (Å²) in [5, 5.41) is 5.76. The topological polar surface area (TPSA) is 41.1 Å². The molecule has 1 aliphatic rings. The highest BCUT2D eigenvalue weighted by atomic mass is 19.1. The molecular weight excluding hydrogens is 257 g/mol. The number of piperidine rings is 1. The van der Waals surface area contributed by atoms with Crippen molar-refractivity contribution in [1.29, 1.82) is 0 Å². The lowest BCUT2D eigenvalue weighted by Gasteiger charge is -2.30. The summed E-state index contributed by atoms with van der Waals surface area (Å²) >= 11 is 0. The van der Waals surface area contributed by atoms with Gasteiger partial charge >= 0.3 is 0 Å². The van der Waals surface area contributed by atoms with Crippen LogP contribution >= 0.6 is 0 Å². The Balaban J connectivity index is 2.16. The number of nitrogens with one attached hydrogen (secondary N) is 2. The second kappa shape index (κ2) is 5.61. The van der Waals surface area contributed by atoms with Crippen LogP contribution in [0.2, 0.25) is 0 Å². The molecule has 1 aromatic carbocycles. The molecule has 1 amide bonds. The van der Waals surface area contributed by atoms with Crippen molar-refractivity contribution in [3.05, 3.63) is 35.1 Å².